The van der Waals surface area contributed by atoms with Gasteiger partial charge < -0.3 is 30.3 Å². The number of unbranched alkanes of at least 4 members (excludes halogenated alkanes) is 8. The molecule has 0 rings (SSSR count). The predicted octanol–water partition coefficient (Wildman–Crippen LogP) is 10.2. The van der Waals surface area contributed by atoms with Crippen LogP contribution in [0.25, 0.3) is 0 Å². The van der Waals surface area contributed by atoms with E-state index in [0.29, 0.717) is 32.1 Å². The second-order valence-corrected chi connectivity index (χ2v) is 15.4. The first-order chi connectivity index (χ1) is 28.5. The third-order valence-corrected chi connectivity index (χ3v) is 9.35. The topological polar surface area (TPSA) is 192 Å². The molecule has 0 bridgehead atoms. The number of ether oxygens (including phenoxy) is 2. The molecule has 12 nitrogen and oxygen atoms in total. The zero-order valence-corrected chi connectivity index (χ0v) is 36.6. The molecule has 0 aromatic rings. The number of hydrogen-bond donors (Lipinski definition) is 4. The van der Waals surface area contributed by atoms with E-state index >= 15 is 0 Å². The van der Waals surface area contributed by atoms with Crippen molar-refractivity contribution in [3.05, 3.63) is 97.2 Å². The molecule has 0 fully saturated rings. The van der Waals surface area contributed by atoms with Gasteiger partial charge in [0, 0.05) is 12.8 Å². The van der Waals surface area contributed by atoms with Crippen LogP contribution in [-0.2, 0) is 37.5 Å². The molecule has 1 unspecified atom stereocenters. The van der Waals surface area contributed by atoms with Crippen molar-refractivity contribution >= 4 is 25.7 Å². The van der Waals surface area contributed by atoms with E-state index in [4.69, 9.17) is 24.8 Å². The lowest BCUT2D eigenvalue weighted by Crippen LogP contribution is -2.34. The molecular formula is C46H74NO11P. The molecule has 0 heterocycles. The maximum Gasteiger partial charge on any atom is 0.472 e. The van der Waals surface area contributed by atoms with E-state index in [0.717, 1.165) is 57.8 Å². The number of allylic oxidation sites excluding steroid dienone is 14. The third kappa shape index (κ3) is 39.6. The minimum Gasteiger partial charge on any atom is -0.480 e. The van der Waals surface area contributed by atoms with Crippen LogP contribution in [0.5, 0.6) is 0 Å². The molecule has 0 amide bonds. The van der Waals surface area contributed by atoms with Crippen LogP contribution in [0, 0.1) is 0 Å². The molecular weight excluding hydrogens is 773 g/mol. The Labute approximate surface area is 354 Å². The van der Waals surface area contributed by atoms with E-state index in [1.165, 1.54) is 19.3 Å². The molecule has 0 aromatic heterocycles. The molecule has 0 aliphatic rings. The Morgan fingerprint density at radius 1 is 0.627 bits per heavy atom. The van der Waals surface area contributed by atoms with Crippen LogP contribution >= 0.6 is 7.82 Å². The van der Waals surface area contributed by atoms with E-state index < -0.39 is 63.8 Å². The summed E-state index contributed by atoms with van der Waals surface area (Å²) in [6.07, 6.45) is 46.4. The summed E-state index contributed by atoms with van der Waals surface area (Å²) >= 11 is 0. The summed E-state index contributed by atoms with van der Waals surface area (Å²) in [5.41, 5.74) is 5.32. The molecule has 334 valence electrons. The lowest BCUT2D eigenvalue weighted by atomic mass is 10.1. The normalized spacial score (nSPS) is 15.2. The molecule has 13 heteroatoms. The molecule has 5 N–H and O–H groups in total. The average Bonchev–Trinajstić information content (AvgIpc) is 3.21. The smallest absolute Gasteiger partial charge is 0.472 e. The van der Waals surface area contributed by atoms with Crippen molar-refractivity contribution < 1.29 is 52.6 Å². The molecule has 0 spiro atoms. The van der Waals surface area contributed by atoms with Crippen LogP contribution in [0.15, 0.2) is 97.2 Å². The van der Waals surface area contributed by atoms with Crippen LogP contribution < -0.4 is 5.73 Å². The number of phosphoric ester groups is 1. The van der Waals surface area contributed by atoms with E-state index in [1.807, 2.05) is 36.5 Å². The maximum absolute atomic E-state index is 12.6. The quantitative estimate of drug-likeness (QED) is 0.0151. The summed E-state index contributed by atoms with van der Waals surface area (Å²) in [4.78, 5) is 45.9. The summed E-state index contributed by atoms with van der Waals surface area (Å²) in [6.45, 7) is 2.47. The molecule has 0 saturated carbocycles. The van der Waals surface area contributed by atoms with Crippen molar-refractivity contribution in [2.45, 2.75) is 154 Å². The fourth-order valence-electron chi connectivity index (χ4n) is 5.01. The van der Waals surface area contributed by atoms with Crippen LogP contribution in [0.2, 0.25) is 0 Å². The number of aliphatic hydroxyl groups is 1. The van der Waals surface area contributed by atoms with Crippen LogP contribution in [0.3, 0.4) is 0 Å². The van der Waals surface area contributed by atoms with Gasteiger partial charge in [-0.05, 0) is 83.5 Å². The fourth-order valence-corrected chi connectivity index (χ4v) is 5.79. The molecule has 59 heavy (non-hydrogen) atoms. The number of esters is 2. The Morgan fingerprint density at radius 2 is 1.17 bits per heavy atom. The second kappa shape index (κ2) is 39.8. The van der Waals surface area contributed by atoms with E-state index in [9.17, 15) is 28.9 Å². The number of nitrogens with two attached hydrogens (primary N) is 1. The molecule has 0 aliphatic carbocycles. The lowest BCUT2D eigenvalue weighted by molar-refractivity contribution is -0.161. The summed E-state index contributed by atoms with van der Waals surface area (Å²) in [7, 11) is -4.76. The van der Waals surface area contributed by atoms with Crippen LogP contribution in [-0.4, -0.2) is 71.1 Å². The minimum absolute atomic E-state index is 0.100. The van der Waals surface area contributed by atoms with Crippen LogP contribution in [0.1, 0.15) is 136 Å². The third-order valence-electron chi connectivity index (χ3n) is 8.40. The van der Waals surface area contributed by atoms with Gasteiger partial charge in [0.15, 0.2) is 6.10 Å². The van der Waals surface area contributed by atoms with E-state index in [1.54, 1.807) is 6.08 Å². The van der Waals surface area contributed by atoms with Gasteiger partial charge in [0.05, 0.1) is 19.3 Å². The van der Waals surface area contributed by atoms with Crippen molar-refractivity contribution in [1.29, 1.82) is 0 Å². The average molecular weight is 848 g/mol. The van der Waals surface area contributed by atoms with Gasteiger partial charge >= 0.3 is 25.7 Å². The largest absolute Gasteiger partial charge is 0.480 e. The highest BCUT2D eigenvalue weighted by molar-refractivity contribution is 7.47. The first-order valence-corrected chi connectivity index (χ1v) is 22.9. The number of aliphatic carboxylic acids is 1. The van der Waals surface area contributed by atoms with Gasteiger partial charge in [-0.25, -0.2) is 4.57 Å². The molecule has 0 aliphatic heterocycles. The van der Waals surface area contributed by atoms with Crippen LogP contribution in [0.4, 0.5) is 0 Å². The maximum atomic E-state index is 12.6. The standard InChI is InChI=1S/C46H74NO11P/c1-3-5-7-9-11-12-13-14-15-16-17-18-19-20-24-29-33-37-45(50)58-42(39-56-59(53,54)57-40-43(47)46(51)52)38-55-44(49)36-32-28-25-21-23-27-31-35-41(48)34-30-26-22-10-8-6-4-2/h5,7,11-12,14-15,17-18,21-22,25-27,30-31,34,41-43,48H,3-4,6,8-10,13,16,19-20,23-24,28-29,32-33,35-40,47H2,1-2H3,(H,51,52)(H,53,54)/b7-5-,12-11-,15-14-,18-17-,25-21+,26-22-,31-27-,34-30-/t41-,42-,43+/m1/s1. The second-order valence-electron chi connectivity index (χ2n) is 13.9. The van der Waals surface area contributed by atoms with Crippen molar-refractivity contribution in [3.63, 3.8) is 0 Å². The zero-order valence-electron chi connectivity index (χ0n) is 35.7. The number of phosphoric acid groups is 1. The molecule has 4 atom stereocenters. The monoisotopic (exact) mass is 847 g/mol. The van der Waals surface area contributed by atoms with Gasteiger partial charge in [0.2, 0.25) is 0 Å². The van der Waals surface area contributed by atoms with Gasteiger partial charge in [0.1, 0.15) is 12.6 Å². The Balaban J connectivity index is 4.59. The Morgan fingerprint density at radius 3 is 1.81 bits per heavy atom. The molecule has 0 radical (unpaired) electrons. The number of carbonyl (C=O) groups excluding carboxylic acids is 2. The van der Waals surface area contributed by atoms with Crippen molar-refractivity contribution in [3.8, 4) is 0 Å². The van der Waals surface area contributed by atoms with Gasteiger partial charge in [-0.3, -0.25) is 23.4 Å². The van der Waals surface area contributed by atoms with E-state index in [2.05, 4.69) is 73.1 Å². The Hall–Kier alpha value is -3.64. The van der Waals surface area contributed by atoms with Crippen molar-refractivity contribution in [1.82, 2.24) is 0 Å². The molecule has 0 saturated heterocycles. The van der Waals surface area contributed by atoms with Gasteiger partial charge in [-0.2, -0.15) is 0 Å². The summed E-state index contributed by atoms with van der Waals surface area (Å²) in [6, 6.07) is -1.55. The first-order valence-electron chi connectivity index (χ1n) is 21.4. The van der Waals surface area contributed by atoms with Gasteiger partial charge in [-0.1, -0.05) is 137 Å². The number of aliphatic hydroxyl groups excluding tert-OH is 1. The highest BCUT2D eigenvalue weighted by Gasteiger charge is 2.28. The number of carboxylic acids is 1. The minimum atomic E-state index is -4.76. The zero-order chi connectivity index (χ0) is 43.7. The fraction of sp³-hybridized carbons (Fsp3) is 0.587. The SMILES string of the molecule is CC/C=C\C/C=C\C/C=C\C/C=C\CCCCCCC(=O)O[C@H](COC(=O)CCC/C=C/C/C=C\C[C@H](O)/C=C\C=C/CCCCC)COP(=O)(O)OC[C@H](N)C(=O)O. The number of hydrogen-bond acceptors (Lipinski definition) is 10. The Bertz CT molecular complexity index is 1380. The summed E-state index contributed by atoms with van der Waals surface area (Å²) in [5.74, 6) is -2.55. The van der Waals surface area contributed by atoms with Crippen molar-refractivity contribution in [2.75, 3.05) is 19.8 Å². The predicted molar refractivity (Wildman–Crippen MR) is 236 cm³/mol. The number of carboxylic acid groups (broad SMARTS) is 1. The van der Waals surface area contributed by atoms with E-state index in [-0.39, 0.29) is 12.8 Å². The first kappa shape index (κ1) is 55.4. The summed E-state index contributed by atoms with van der Waals surface area (Å²) < 4.78 is 32.6. The lowest BCUT2D eigenvalue weighted by Gasteiger charge is -2.20. The van der Waals surface area contributed by atoms with Crippen molar-refractivity contribution in [2.24, 2.45) is 5.73 Å². The number of rotatable bonds is 38. The Kier molecular flexibility index (Phi) is 37.3. The van der Waals surface area contributed by atoms with Gasteiger partial charge in [0.25, 0.3) is 0 Å². The number of carbonyl (C=O) groups is 3. The highest BCUT2D eigenvalue weighted by Crippen LogP contribution is 2.43. The van der Waals surface area contributed by atoms with Gasteiger partial charge in [-0.15, -0.1) is 0 Å². The highest BCUT2D eigenvalue weighted by atomic mass is 31.2. The molecule has 0 aromatic carbocycles. The summed E-state index contributed by atoms with van der Waals surface area (Å²) in [5, 5.41) is 18.9.